The van der Waals surface area contributed by atoms with Crippen LogP contribution in [0.5, 0.6) is 5.75 Å². The van der Waals surface area contributed by atoms with Crippen molar-refractivity contribution < 1.29 is 9.47 Å². The SMILES string of the molecule is COc1cccc(C(=S)NCCN2CCOCC2)c1. The highest BCUT2D eigenvalue weighted by Gasteiger charge is 2.09. The molecule has 1 aromatic carbocycles. The van der Waals surface area contributed by atoms with Crippen LogP contribution in [-0.4, -0.2) is 56.4 Å². The normalized spacial score (nSPS) is 16.1. The average Bonchev–Trinajstić information content (AvgIpc) is 2.48. The zero-order chi connectivity index (χ0) is 13.5. The molecule has 1 saturated heterocycles. The molecule has 1 N–H and O–H groups in total. The molecular formula is C14H20N2O2S. The summed E-state index contributed by atoms with van der Waals surface area (Å²) in [6.45, 7) is 5.53. The van der Waals surface area contributed by atoms with Crippen molar-refractivity contribution in [1.29, 1.82) is 0 Å². The third-order valence-corrected chi connectivity index (χ3v) is 3.53. The number of methoxy groups -OCH3 is 1. The maximum atomic E-state index is 5.39. The number of hydrogen-bond donors (Lipinski definition) is 1. The summed E-state index contributed by atoms with van der Waals surface area (Å²) < 4.78 is 10.5. The van der Waals surface area contributed by atoms with Gasteiger partial charge in [0.15, 0.2) is 0 Å². The van der Waals surface area contributed by atoms with Crippen LogP contribution in [0.25, 0.3) is 0 Å². The van der Waals surface area contributed by atoms with Crippen LogP contribution in [0.3, 0.4) is 0 Å². The Balaban J connectivity index is 1.77. The molecular weight excluding hydrogens is 260 g/mol. The molecule has 0 aromatic heterocycles. The van der Waals surface area contributed by atoms with E-state index >= 15 is 0 Å². The molecule has 1 fully saturated rings. The molecule has 0 spiro atoms. The van der Waals surface area contributed by atoms with Gasteiger partial charge in [0, 0.05) is 31.7 Å². The van der Waals surface area contributed by atoms with E-state index in [9.17, 15) is 0 Å². The van der Waals surface area contributed by atoms with Gasteiger partial charge in [-0.1, -0.05) is 24.4 Å². The van der Waals surface area contributed by atoms with Crippen LogP contribution in [0.1, 0.15) is 5.56 Å². The van der Waals surface area contributed by atoms with Crippen molar-refractivity contribution in [2.24, 2.45) is 0 Å². The highest BCUT2D eigenvalue weighted by Crippen LogP contribution is 2.12. The predicted molar refractivity (Wildman–Crippen MR) is 80.0 cm³/mol. The molecule has 4 nitrogen and oxygen atoms in total. The summed E-state index contributed by atoms with van der Waals surface area (Å²) in [5.41, 5.74) is 0.997. The third-order valence-electron chi connectivity index (χ3n) is 3.15. The Morgan fingerprint density at radius 3 is 2.95 bits per heavy atom. The number of benzene rings is 1. The second-order valence-electron chi connectivity index (χ2n) is 4.44. The molecule has 0 bridgehead atoms. The van der Waals surface area contributed by atoms with Gasteiger partial charge in [-0.05, 0) is 12.1 Å². The second kappa shape index (κ2) is 7.43. The van der Waals surface area contributed by atoms with Gasteiger partial charge in [-0.15, -0.1) is 0 Å². The Morgan fingerprint density at radius 1 is 1.42 bits per heavy atom. The molecule has 1 aromatic rings. The summed E-state index contributed by atoms with van der Waals surface area (Å²) >= 11 is 5.39. The Labute approximate surface area is 119 Å². The standard InChI is InChI=1S/C14H20N2O2S/c1-17-13-4-2-3-12(11-13)14(19)15-5-6-16-7-9-18-10-8-16/h2-4,11H,5-10H2,1H3,(H,15,19). The number of nitrogens with zero attached hydrogens (tertiary/aromatic N) is 1. The minimum absolute atomic E-state index is 0.771. The van der Waals surface area contributed by atoms with Gasteiger partial charge in [0.25, 0.3) is 0 Å². The summed E-state index contributed by atoms with van der Waals surface area (Å²) in [6, 6.07) is 7.81. The van der Waals surface area contributed by atoms with Crippen LogP contribution in [0.2, 0.25) is 0 Å². The van der Waals surface area contributed by atoms with Crippen molar-refractivity contribution in [3.63, 3.8) is 0 Å². The van der Waals surface area contributed by atoms with Crippen molar-refractivity contribution in [1.82, 2.24) is 10.2 Å². The molecule has 104 valence electrons. The summed E-state index contributed by atoms with van der Waals surface area (Å²) in [7, 11) is 1.66. The highest BCUT2D eigenvalue weighted by molar-refractivity contribution is 7.80. The first-order valence-electron chi connectivity index (χ1n) is 6.52. The summed E-state index contributed by atoms with van der Waals surface area (Å²) in [5.74, 6) is 0.829. The molecule has 0 atom stereocenters. The molecule has 0 amide bonds. The second-order valence-corrected chi connectivity index (χ2v) is 4.85. The number of morpholine rings is 1. The van der Waals surface area contributed by atoms with Gasteiger partial charge in [-0.3, -0.25) is 4.90 Å². The van der Waals surface area contributed by atoms with E-state index in [1.165, 1.54) is 0 Å². The fourth-order valence-electron chi connectivity index (χ4n) is 2.02. The molecule has 2 rings (SSSR count). The molecule has 0 unspecified atom stereocenters. The minimum Gasteiger partial charge on any atom is -0.497 e. The zero-order valence-corrected chi connectivity index (χ0v) is 12.0. The first kappa shape index (κ1) is 14.2. The van der Waals surface area contributed by atoms with Crippen molar-refractivity contribution in [2.45, 2.75) is 0 Å². The lowest BCUT2D eigenvalue weighted by Crippen LogP contribution is -2.41. The van der Waals surface area contributed by atoms with Crippen molar-refractivity contribution in [2.75, 3.05) is 46.5 Å². The van der Waals surface area contributed by atoms with Crippen LogP contribution in [0, 0.1) is 0 Å². The van der Waals surface area contributed by atoms with E-state index in [4.69, 9.17) is 21.7 Å². The monoisotopic (exact) mass is 280 g/mol. The van der Waals surface area contributed by atoms with E-state index in [1.54, 1.807) is 7.11 Å². The highest BCUT2D eigenvalue weighted by atomic mass is 32.1. The van der Waals surface area contributed by atoms with E-state index in [1.807, 2.05) is 24.3 Å². The van der Waals surface area contributed by atoms with Gasteiger partial charge in [0.2, 0.25) is 0 Å². The quantitative estimate of drug-likeness (QED) is 0.822. The first-order valence-corrected chi connectivity index (χ1v) is 6.93. The molecule has 0 radical (unpaired) electrons. The lowest BCUT2D eigenvalue weighted by atomic mass is 10.2. The van der Waals surface area contributed by atoms with E-state index in [0.29, 0.717) is 0 Å². The number of hydrogen-bond acceptors (Lipinski definition) is 4. The minimum atomic E-state index is 0.771. The summed E-state index contributed by atoms with van der Waals surface area (Å²) in [6.07, 6.45) is 0. The average molecular weight is 280 g/mol. The third kappa shape index (κ3) is 4.45. The maximum Gasteiger partial charge on any atom is 0.119 e. The fourth-order valence-corrected chi connectivity index (χ4v) is 2.25. The molecule has 5 heteroatoms. The van der Waals surface area contributed by atoms with Crippen molar-refractivity contribution in [3.8, 4) is 5.75 Å². The lowest BCUT2D eigenvalue weighted by molar-refractivity contribution is 0.0389. The van der Waals surface area contributed by atoms with Crippen molar-refractivity contribution >= 4 is 17.2 Å². The van der Waals surface area contributed by atoms with Crippen LogP contribution < -0.4 is 10.1 Å². The largest absolute Gasteiger partial charge is 0.497 e. The van der Waals surface area contributed by atoms with Crippen LogP contribution >= 0.6 is 12.2 Å². The van der Waals surface area contributed by atoms with Crippen molar-refractivity contribution in [3.05, 3.63) is 29.8 Å². The van der Waals surface area contributed by atoms with Gasteiger partial charge in [0.05, 0.1) is 20.3 Å². The first-order chi connectivity index (χ1) is 9.29. The fraction of sp³-hybridized carbons (Fsp3) is 0.500. The van der Waals surface area contributed by atoms with E-state index < -0.39 is 0 Å². The number of nitrogens with one attached hydrogen (secondary N) is 1. The molecule has 1 heterocycles. The van der Waals surface area contributed by atoms with E-state index in [0.717, 1.165) is 55.7 Å². The van der Waals surface area contributed by atoms with Gasteiger partial charge >= 0.3 is 0 Å². The van der Waals surface area contributed by atoms with E-state index in [-0.39, 0.29) is 0 Å². The number of ether oxygens (including phenoxy) is 2. The van der Waals surface area contributed by atoms with Crippen LogP contribution in [0.15, 0.2) is 24.3 Å². The smallest absolute Gasteiger partial charge is 0.119 e. The lowest BCUT2D eigenvalue weighted by Gasteiger charge is -2.26. The predicted octanol–water partition coefficient (Wildman–Crippen LogP) is 1.29. The van der Waals surface area contributed by atoms with Crippen LogP contribution in [-0.2, 0) is 4.74 Å². The molecule has 0 aliphatic carbocycles. The molecule has 1 aliphatic rings. The van der Waals surface area contributed by atoms with Gasteiger partial charge < -0.3 is 14.8 Å². The van der Waals surface area contributed by atoms with Crippen LogP contribution in [0.4, 0.5) is 0 Å². The summed E-state index contributed by atoms with van der Waals surface area (Å²) in [4.78, 5) is 3.15. The molecule has 0 saturated carbocycles. The maximum absolute atomic E-state index is 5.39. The Bertz CT molecular complexity index is 420. The van der Waals surface area contributed by atoms with Gasteiger partial charge in [0.1, 0.15) is 10.7 Å². The molecule has 1 aliphatic heterocycles. The topological polar surface area (TPSA) is 33.7 Å². The Kier molecular flexibility index (Phi) is 5.57. The zero-order valence-electron chi connectivity index (χ0n) is 11.2. The van der Waals surface area contributed by atoms with E-state index in [2.05, 4.69) is 10.2 Å². The number of rotatable bonds is 5. The Hall–Kier alpha value is -1.17. The van der Waals surface area contributed by atoms with Gasteiger partial charge in [-0.2, -0.15) is 0 Å². The van der Waals surface area contributed by atoms with Gasteiger partial charge in [-0.25, -0.2) is 0 Å². The summed E-state index contributed by atoms with van der Waals surface area (Å²) in [5, 5.41) is 3.29. The molecule has 19 heavy (non-hydrogen) atoms. The Morgan fingerprint density at radius 2 is 2.21 bits per heavy atom. The number of thiocarbonyl (C=S) groups is 1.